The van der Waals surface area contributed by atoms with E-state index in [2.05, 4.69) is 5.32 Å². The number of carboxylic acid groups (broad SMARTS) is 1. The summed E-state index contributed by atoms with van der Waals surface area (Å²) in [5.74, 6) is -0.536. The van der Waals surface area contributed by atoms with Crippen molar-refractivity contribution in [1.29, 1.82) is 0 Å². The molecule has 2 aliphatic heterocycles. The van der Waals surface area contributed by atoms with Gasteiger partial charge in [-0.3, -0.25) is 9.59 Å². The Labute approximate surface area is 94.8 Å². The maximum absolute atomic E-state index is 11.9. The van der Waals surface area contributed by atoms with Crippen molar-refractivity contribution in [2.75, 3.05) is 26.2 Å². The lowest BCUT2D eigenvalue weighted by Gasteiger charge is -2.28. The van der Waals surface area contributed by atoms with Crippen LogP contribution in [-0.4, -0.2) is 48.1 Å². The second-order valence-electron chi connectivity index (χ2n) is 4.95. The molecule has 0 aromatic rings. The minimum absolute atomic E-state index is 0.0703. The van der Waals surface area contributed by atoms with E-state index in [0.29, 0.717) is 25.4 Å². The van der Waals surface area contributed by atoms with E-state index in [9.17, 15) is 9.59 Å². The molecule has 16 heavy (non-hydrogen) atoms. The van der Waals surface area contributed by atoms with Gasteiger partial charge in [0.05, 0.1) is 5.92 Å². The third-order valence-corrected chi connectivity index (χ3v) is 3.61. The van der Waals surface area contributed by atoms with E-state index in [-0.39, 0.29) is 17.7 Å². The average Bonchev–Trinajstić information content (AvgIpc) is 2.53. The number of amides is 1. The normalized spacial score (nSPS) is 30.2. The molecule has 2 atom stereocenters. The van der Waals surface area contributed by atoms with Crippen molar-refractivity contribution in [2.45, 2.75) is 13.3 Å². The molecule has 2 aliphatic rings. The summed E-state index contributed by atoms with van der Waals surface area (Å²) in [6, 6.07) is 0. The second-order valence-corrected chi connectivity index (χ2v) is 4.95. The van der Waals surface area contributed by atoms with E-state index in [1.807, 2.05) is 6.92 Å². The zero-order valence-electron chi connectivity index (χ0n) is 9.48. The molecular weight excluding hydrogens is 208 g/mol. The smallest absolute Gasteiger partial charge is 0.308 e. The van der Waals surface area contributed by atoms with Gasteiger partial charge in [-0.2, -0.15) is 0 Å². The standard InChI is InChI=1S/C11H18N2O3/c1-7-5-13(6-9(7)11(15)16)10(14)2-8-3-12-4-8/h7-9,12H,2-6H2,1H3,(H,15,16). The van der Waals surface area contributed by atoms with Gasteiger partial charge < -0.3 is 15.3 Å². The summed E-state index contributed by atoms with van der Waals surface area (Å²) in [4.78, 5) is 24.5. The molecule has 0 bridgehead atoms. The number of carbonyl (C=O) groups is 2. The second kappa shape index (κ2) is 4.41. The fraction of sp³-hybridized carbons (Fsp3) is 0.818. The Hall–Kier alpha value is -1.10. The van der Waals surface area contributed by atoms with Crippen LogP contribution in [0.3, 0.4) is 0 Å². The van der Waals surface area contributed by atoms with Crippen molar-refractivity contribution >= 4 is 11.9 Å². The highest BCUT2D eigenvalue weighted by atomic mass is 16.4. The molecule has 2 N–H and O–H groups in total. The fourth-order valence-corrected chi connectivity index (χ4v) is 2.36. The van der Waals surface area contributed by atoms with Crippen LogP contribution in [0.4, 0.5) is 0 Å². The van der Waals surface area contributed by atoms with Crippen LogP contribution in [0.25, 0.3) is 0 Å². The highest BCUT2D eigenvalue weighted by molar-refractivity contribution is 5.79. The van der Waals surface area contributed by atoms with Crippen LogP contribution in [0.1, 0.15) is 13.3 Å². The first-order valence-corrected chi connectivity index (χ1v) is 5.79. The lowest BCUT2D eigenvalue weighted by Crippen LogP contribution is -2.45. The van der Waals surface area contributed by atoms with Gasteiger partial charge in [0, 0.05) is 19.5 Å². The molecule has 1 amide bonds. The number of aliphatic carboxylic acids is 1. The third kappa shape index (κ3) is 2.19. The van der Waals surface area contributed by atoms with Crippen LogP contribution in [0.15, 0.2) is 0 Å². The zero-order chi connectivity index (χ0) is 11.7. The van der Waals surface area contributed by atoms with Gasteiger partial charge in [0.25, 0.3) is 0 Å². The van der Waals surface area contributed by atoms with E-state index in [1.54, 1.807) is 4.90 Å². The van der Waals surface area contributed by atoms with Crippen LogP contribution >= 0.6 is 0 Å². The number of carboxylic acids is 1. The molecule has 0 aromatic carbocycles. The SMILES string of the molecule is CC1CN(C(=O)CC2CNC2)CC1C(=O)O. The molecule has 2 rings (SSSR count). The molecular formula is C11H18N2O3. The number of hydrogen-bond acceptors (Lipinski definition) is 3. The van der Waals surface area contributed by atoms with Gasteiger partial charge in [0.1, 0.15) is 0 Å². The maximum Gasteiger partial charge on any atom is 0.308 e. The van der Waals surface area contributed by atoms with Crippen LogP contribution in [-0.2, 0) is 9.59 Å². The van der Waals surface area contributed by atoms with Gasteiger partial charge in [0.2, 0.25) is 5.91 Å². The molecule has 5 heteroatoms. The molecule has 2 heterocycles. The number of nitrogens with zero attached hydrogens (tertiary/aromatic N) is 1. The number of rotatable bonds is 3. The number of hydrogen-bond donors (Lipinski definition) is 2. The Morgan fingerprint density at radius 3 is 2.50 bits per heavy atom. The summed E-state index contributed by atoms with van der Waals surface area (Å²) >= 11 is 0. The number of carbonyl (C=O) groups excluding carboxylic acids is 1. The summed E-state index contributed by atoms with van der Waals surface area (Å²) in [6.45, 7) is 4.71. The van der Waals surface area contributed by atoms with Gasteiger partial charge in [-0.05, 0) is 24.9 Å². The van der Waals surface area contributed by atoms with Crippen LogP contribution < -0.4 is 5.32 Å². The molecule has 90 valence electrons. The van der Waals surface area contributed by atoms with Gasteiger partial charge in [-0.1, -0.05) is 6.92 Å². The van der Waals surface area contributed by atoms with Crippen LogP contribution in [0.2, 0.25) is 0 Å². The average molecular weight is 226 g/mol. The van der Waals surface area contributed by atoms with E-state index >= 15 is 0 Å². The first-order valence-electron chi connectivity index (χ1n) is 5.79. The molecule has 0 aromatic heterocycles. The summed E-state index contributed by atoms with van der Waals surface area (Å²) in [5, 5.41) is 12.1. The highest BCUT2D eigenvalue weighted by Gasteiger charge is 2.37. The molecule has 0 spiro atoms. The van der Waals surface area contributed by atoms with Crippen molar-refractivity contribution in [3.8, 4) is 0 Å². The third-order valence-electron chi connectivity index (χ3n) is 3.61. The summed E-state index contributed by atoms with van der Waals surface area (Å²) < 4.78 is 0. The van der Waals surface area contributed by atoms with Crippen molar-refractivity contribution in [3.63, 3.8) is 0 Å². The topological polar surface area (TPSA) is 69.6 Å². The first-order chi connectivity index (χ1) is 7.58. The van der Waals surface area contributed by atoms with Crippen molar-refractivity contribution in [1.82, 2.24) is 10.2 Å². The van der Waals surface area contributed by atoms with E-state index in [1.165, 1.54) is 0 Å². The summed E-state index contributed by atoms with van der Waals surface area (Å²) in [5.41, 5.74) is 0. The largest absolute Gasteiger partial charge is 0.481 e. The minimum Gasteiger partial charge on any atom is -0.481 e. The van der Waals surface area contributed by atoms with E-state index in [0.717, 1.165) is 13.1 Å². The summed E-state index contributed by atoms with van der Waals surface area (Å²) in [6.07, 6.45) is 0.562. The van der Waals surface area contributed by atoms with Gasteiger partial charge in [-0.15, -0.1) is 0 Å². The lowest BCUT2D eigenvalue weighted by atomic mass is 9.99. The summed E-state index contributed by atoms with van der Waals surface area (Å²) in [7, 11) is 0. The molecule has 0 radical (unpaired) electrons. The van der Waals surface area contributed by atoms with Gasteiger partial charge >= 0.3 is 5.97 Å². The first kappa shape index (κ1) is 11.4. The zero-order valence-corrected chi connectivity index (χ0v) is 9.48. The maximum atomic E-state index is 11.9. The number of nitrogens with one attached hydrogen (secondary N) is 1. The monoisotopic (exact) mass is 226 g/mol. The Morgan fingerprint density at radius 1 is 1.38 bits per heavy atom. The Balaban J connectivity index is 1.86. The molecule has 2 saturated heterocycles. The Kier molecular flexibility index (Phi) is 3.14. The predicted octanol–water partition coefficient (Wildman–Crippen LogP) is -0.225. The Morgan fingerprint density at radius 2 is 2.06 bits per heavy atom. The molecule has 0 aliphatic carbocycles. The van der Waals surface area contributed by atoms with Crippen molar-refractivity contribution < 1.29 is 14.7 Å². The van der Waals surface area contributed by atoms with E-state index < -0.39 is 5.97 Å². The highest BCUT2D eigenvalue weighted by Crippen LogP contribution is 2.24. The molecule has 5 nitrogen and oxygen atoms in total. The van der Waals surface area contributed by atoms with Gasteiger partial charge in [-0.25, -0.2) is 0 Å². The Bertz CT molecular complexity index is 302. The van der Waals surface area contributed by atoms with Crippen LogP contribution in [0.5, 0.6) is 0 Å². The quantitative estimate of drug-likeness (QED) is 0.697. The number of likely N-dealkylation sites (tertiary alicyclic amines) is 1. The molecule has 2 unspecified atom stereocenters. The van der Waals surface area contributed by atoms with Crippen molar-refractivity contribution in [2.24, 2.45) is 17.8 Å². The molecule has 0 saturated carbocycles. The molecule has 2 fully saturated rings. The predicted molar refractivity (Wildman–Crippen MR) is 57.8 cm³/mol. The fourth-order valence-electron chi connectivity index (χ4n) is 2.36. The van der Waals surface area contributed by atoms with Crippen molar-refractivity contribution in [3.05, 3.63) is 0 Å². The van der Waals surface area contributed by atoms with E-state index in [4.69, 9.17) is 5.11 Å². The van der Waals surface area contributed by atoms with Gasteiger partial charge in [0.15, 0.2) is 0 Å². The minimum atomic E-state index is -0.784. The lowest BCUT2D eigenvalue weighted by molar-refractivity contribution is -0.142. The van der Waals surface area contributed by atoms with Crippen LogP contribution in [0, 0.1) is 17.8 Å².